The third-order valence-electron chi connectivity index (χ3n) is 3.66. The van der Waals surface area contributed by atoms with Crippen LogP contribution in [0.15, 0.2) is 0 Å². The molecular weight excluding hydrogens is 184 g/mol. The minimum atomic E-state index is 0.512. The summed E-state index contributed by atoms with van der Waals surface area (Å²) in [5.74, 6) is 0.950. The number of hydrogen-bond donors (Lipinski definition) is 0. The molecule has 1 rings (SSSR count). The van der Waals surface area contributed by atoms with Crippen molar-refractivity contribution in [3.63, 3.8) is 0 Å². The van der Waals surface area contributed by atoms with E-state index >= 15 is 0 Å². The molecule has 1 saturated heterocycles. The van der Waals surface area contributed by atoms with Crippen molar-refractivity contribution >= 4 is 0 Å². The van der Waals surface area contributed by atoms with E-state index < -0.39 is 0 Å². The molecule has 1 aliphatic heterocycles. The lowest BCUT2D eigenvalue weighted by molar-refractivity contribution is 0.127. The highest BCUT2D eigenvalue weighted by Crippen LogP contribution is 2.24. The van der Waals surface area contributed by atoms with E-state index in [0.717, 1.165) is 12.3 Å². The lowest BCUT2D eigenvalue weighted by Crippen LogP contribution is -2.41. The summed E-state index contributed by atoms with van der Waals surface area (Å²) < 4.78 is 0. The maximum absolute atomic E-state index is 8.76. The third kappa shape index (κ3) is 3.83. The SMILES string of the molecule is CCCC1CCN(C(CC)CC#N)CC1. The van der Waals surface area contributed by atoms with Gasteiger partial charge in [0.2, 0.25) is 0 Å². The second-order valence-corrected chi connectivity index (χ2v) is 4.69. The number of piperidine rings is 1. The fourth-order valence-electron chi connectivity index (χ4n) is 2.65. The van der Waals surface area contributed by atoms with Crippen LogP contribution in [0.5, 0.6) is 0 Å². The number of hydrogen-bond acceptors (Lipinski definition) is 2. The molecule has 1 atom stereocenters. The first-order valence-corrected chi connectivity index (χ1v) is 6.42. The van der Waals surface area contributed by atoms with Crippen molar-refractivity contribution in [1.29, 1.82) is 5.26 Å². The number of nitrogens with zero attached hydrogens (tertiary/aromatic N) is 2. The highest BCUT2D eigenvalue weighted by molar-refractivity contribution is 4.84. The molecule has 0 aromatic heterocycles. The van der Waals surface area contributed by atoms with Crippen LogP contribution in [0.4, 0.5) is 0 Å². The lowest BCUT2D eigenvalue weighted by Gasteiger charge is -2.36. The molecule has 0 amide bonds. The molecule has 1 heterocycles. The molecule has 1 unspecified atom stereocenters. The standard InChI is InChI=1S/C13H24N2/c1-3-5-12-7-10-15(11-8-12)13(4-2)6-9-14/h12-13H,3-8,10-11H2,1-2H3. The lowest BCUT2D eigenvalue weighted by atomic mass is 9.91. The predicted octanol–water partition coefficient (Wildman–Crippen LogP) is 3.19. The normalized spacial score (nSPS) is 21.1. The van der Waals surface area contributed by atoms with Gasteiger partial charge in [-0.3, -0.25) is 4.90 Å². The number of nitriles is 1. The first-order chi connectivity index (χ1) is 7.31. The Morgan fingerprint density at radius 2 is 2.00 bits per heavy atom. The first-order valence-electron chi connectivity index (χ1n) is 6.42. The minimum absolute atomic E-state index is 0.512. The van der Waals surface area contributed by atoms with Gasteiger partial charge in [0.05, 0.1) is 12.5 Å². The average Bonchev–Trinajstić information content (AvgIpc) is 2.28. The molecule has 0 saturated carbocycles. The molecule has 2 heteroatoms. The third-order valence-corrected chi connectivity index (χ3v) is 3.66. The van der Waals surface area contributed by atoms with Gasteiger partial charge in [0.25, 0.3) is 0 Å². The van der Waals surface area contributed by atoms with Crippen LogP contribution in [0.2, 0.25) is 0 Å². The van der Waals surface area contributed by atoms with Gasteiger partial charge in [0.1, 0.15) is 0 Å². The van der Waals surface area contributed by atoms with Crippen LogP contribution < -0.4 is 0 Å². The second kappa shape index (κ2) is 6.85. The Hall–Kier alpha value is -0.550. The van der Waals surface area contributed by atoms with Gasteiger partial charge in [0, 0.05) is 6.04 Å². The molecule has 0 aromatic carbocycles. The van der Waals surface area contributed by atoms with E-state index in [0.29, 0.717) is 12.5 Å². The maximum Gasteiger partial charge on any atom is 0.0638 e. The van der Waals surface area contributed by atoms with Crippen LogP contribution in [0.25, 0.3) is 0 Å². The van der Waals surface area contributed by atoms with E-state index in [1.165, 1.54) is 38.8 Å². The van der Waals surface area contributed by atoms with Gasteiger partial charge in [-0.05, 0) is 38.3 Å². The van der Waals surface area contributed by atoms with Crippen LogP contribution in [0, 0.1) is 17.2 Å². The molecule has 0 aromatic rings. The second-order valence-electron chi connectivity index (χ2n) is 4.69. The summed E-state index contributed by atoms with van der Waals surface area (Å²) in [6, 6.07) is 2.82. The first kappa shape index (κ1) is 12.5. The summed E-state index contributed by atoms with van der Waals surface area (Å²) in [7, 11) is 0. The fraction of sp³-hybridized carbons (Fsp3) is 0.923. The molecule has 0 bridgehead atoms. The number of rotatable bonds is 5. The van der Waals surface area contributed by atoms with Gasteiger partial charge < -0.3 is 0 Å². The molecular formula is C13H24N2. The van der Waals surface area contributed by atoms with Gasteiger partial charge in [-0.2, -0.15) is 5.26 Å². The van der Waals surface area contributed by atoms with Gasteiger partial charge in [-0.25, -0.2) is 0 Å². The Morgan fingerprint density at radius 1 is 1.33 bits per heavy atom. The molecule has 0 N–H and O–H groups in total. The maximum atomic E-state index is 8.76. The summed E-state index contributed by atoms with van der Waals surface area (Å²) in [6.07, 6.45) is 7.22. The largest absolute Gasteiger partial charge is 0.299 e. The fourth-order valence-corrected chi connectivity index (χ4v) is 2.65. The summed E-state index contributed by atoms with van der Waals surface area (Å²) in [5, 5.41) is 8.76. The quantitative estimate of drug-likeness (QED) is 0.694. The predicted molar refractivity (Wildman–Crippen MR) is 63.5 cm³/mol. The van der Waals surface area contributed by atoms with Crippen LogP contribution in [0.1, 0.15) is 52.4 Å². The van der Waals surface area contributed by atoms with E-state index in [2.05, 4.69) is 24.8 Å². The summed E-state index contributed by atoms with van der Waals surface area (Å²) in [5.41, 5.74) is 0. The van der Waals surface area contributed by atoms with Crippen molar-refractivity contribution in [2.24, 2.45) is 5.92 Å². The zero-order chi connectivity index (χ0) is 11.1. The Balaban J connectivity index is 2.32. The monoisotopic (exact) mass is 208 g/mol. The summed E-state index contributed by atoms with van der Waals surface area (Å²) in [6.45, 7) is 6.90. The van der Waals surface area contributed by atoms with Crippen molar-refractivity contribution in [3.8, 4) is 6.07 Å². The van der Waals surface area contributed by atoms with Crippen LogP contribution in [-0.4, -0.2) is 24.0 Å². The van der Waals surface area contributed by atoms with E-state index in [1.807, 2.05) is 0 Å². The topological polar surface area (TPSA) is 27.0 Å². The Labute approximate surface area is 94.3 Å². The van der Waals surface area contributed by atoms with Crippen LogP contribution in [0.3, 0.4) is 0 Å². The highest BCUT2D eigenvalue weighted by Gasteiger charge is 2.23. The molecule has 15 heavy (non-hydrogen) atoms. The summed E-state index contributed by atoms with van der Waals surface area (Å²) in [4.78, 5) is 2.52. The molecule has 1 aliphatic rings. The van der Waals surface area contributed by atoms with Crippen molar-refractivity contribution in [2.45, 2.75) is 58.4 Å². The molecule has 0 spiro atoms. The zero-order valence-electron chi connectivity index (χ0n) is 10.2. The van der Waals surface area contributed by atoms with Crippen LogP contribution in [-0.2, 0) is 0 Å². The highest BCUT2D eigenvalue weighted by atomic mass is 15.2. The smallest absolute Gasteiger partial charge is 0.0638 e. The number of likely N-dealkylation sites (tertiary alicyclic amines) is 1. The molecule has 2 nitrogen and oxygen atoms in total. The Morgan fingerprint density at radius 3 is 2.47 bits per heavy atom. The van der Waals surface area contributed by atoms with Crippen molar-refractivity contribution in [2.75, 3.05) is 13.1 Å². The van der Waals surface area contributed by atoms with E-state index in [1.54, 1.807) is 0 Å². The zero-order valence-corrected chi connectivity index (χ0v) is 10.2. The minimum Gasteiger partial charge on any atom is -0.299 e. The molecule has 0 radical (unpaired) electrons. The van der Waals surface area contributed by atoms with Crippen molar-refractivity contribution < 1.29 is 0 Å². The van der Waals surface area contributed by atoms with Crippen molar-refractivity contribution in [3.05, 3.63) is 0 Å². The van der Waals surface area contributed by atoms with E-state index in [-0.39, 0.29) is 0 Å². The summed E-state index contributed by atoms with van der Waals surface area (Å²) >= 11 is 0. The van der Waals surface area contributed by atoms with Gasteiger partial charge >= 0.3 is 0 Å². The average molecular weight is 208 g/mol. The molecule has 86 valence electrons. The van der Waals surface area contributed by atoms with Gasteiger partial charge in [-0.15, -0.1) is 0 Å². The molecule has 1 fully saturated rings. The van der Waals surface area contributed by atoms with Gasteiger partial charge in [-0.1, -0.05) is 26.7 Å². The molecule has 0 aliphatic carbocycles. The van der Waals surface area contributed by atoms with Gasteiger partial charge in [0.15, 0.2) is 0 Å². The van der Waals surface area contributed by atoms with E-state index in [9.17, 15) is 0 Å². The van der Waals surface area contributed by atoms with Crippen molar-refractivity contribution in [1.82, 2.24) is 4.90 Å². The Bertz CT molecular complexity index is 199. The van der Waals surface area contributed by atoms with Crippen LogP contribution >= 0.6 is 0 Å². The van der Waals surface area contributed by atoms with E-state index in [4.69, 9.17) is 5.26 Å². The Kier molecular flexibility index (Phi) is 5.71.